The Morgan fingerprint density at radius 1 is 1.33 bits per heavy atom. The Bertz CT molecular complexity index is 496. The van der Waals surface area contributed by atoms with Crippen molar-refractivity contribution in [3.8, 4) is 6.07 Å². The molecule has 0 aliphatic heterocycles. The summed E-state index contributed by atoms with van der Waals surface area (Å²) in [4.78, 5) is 29.4. The van der Waals surface area contributed by atoms with Crippen LogP contribution in [0.1, 0.15) is 13.8 Å². The highest BCUT2D eigenvalue weighted by Gasteiger charge is 2.21. The number of nitrogens with zero attached hydrogens (tertiary/aromatic N) is 4. The van der Waals surface area contributed by atoms with E-state index in [0.717, 1.165) is 6.92 Å². The first-order chi connectivity index (χ1) is 9.76. The zero-order chi connectivity index (χ0) is 16.8. The number of aliphatic carboxylic acids is 1. The van der Waals surface area contributed by atoms with Gasteiger partial charge in [0.2, 0.25) is 0 Å². The molecule has 114 valence electrons. The van der Waals surface area contributed by atoms with Crippen LogP contribution in [0.5, 0.6) is 0 Å². The number of carboxylic acids is 1. The maximum atomic E-state index is 10.4. The smallest absolute Gasteiger partial charge is 0.300 e. The zero-order valence-electron chi connectivity index (χ0n) is 11.2. The summed E-state index contributed by atoms with van der Waals surface area (Å²) in [6.45, 7) is 2.51. The number of nitrogens with one attached hydrogen (secondary N) is 1. The van der Waals surface area contributed by atoms with Crippen molar-refractivity contribution in [2.24, 2.45) is 0 Å². The number of nitriles is 1. The van der Waals surface area contributed by atoms with Gasteiger partial charge in [0, 0.05) is 19.4 Å². The summed E-state index contributed by atoms with van der Waals surface area (Å²) in [7, 11) is 0. The fourth-order valence-corrected chi connectivity index (χ4v) is 0.835. The molecule has 1 rings (SSSR count). The second-order valence-electron chi connectivity index (χ2n) is 2.98. The molecule has 0 radical (unpaired) electrons. The normalized spacial score (nSPS) is 7.67. The number of anilines is 1. The quantitative estimate of drug-likeness (QED) is 0.609. The van der Waals surface area contributed by atoms with Gasteiger partial charge in [0.05, 0.1) is 11.2 Å². The van der Waals surface area contributed by atoms with Crippen LogP contribution in [0.4, 0.5) is 5.69 Å². The zero-order valence-corrected chi connectivity index (χ0v) is 11.2. The molecular weight excluding hydrogens is 286 g/mol. The molecule has 0 saturated carbocycles. The van der Waals surface area contributed by atoms with E-state index in [9.17, 15) is 20.2 Å². The van der Waals surface area contributed by atoms with Crippen LogP contribution in [-0.2, 0) is 4.79 Å². The van der Waals surface area contributed by atoms with Crippen LogP contribution in [0.15, 0.2) is 30.3 Å². The number of hydrazine groups is 3. The second kappa shape index (κ2) is 11.7. The highest BCUT2D eigenvalue weighted by atomic mass is 16.7. The first-order valence-electron chi connectivity index (χ1n) is 5.16. The van der Waals surface area contributed by atoms with Gasteiger partial charge in [0.1, 0.15) is 5.69 Å². The number of nitro groups is 2. The minimum Gasteiger partial charge on any atom is -0.481 e. The molecule has 0 aliphatic rings. The number of carbonyl (C=O) groups is 1. The van der Waals surface area contributed by atoms with Crippen molar-refractivity contribution in [1.82, 2.24) is 5.53 Å². The maximum absolute atomic E-state index is 10.4. The maximum Gasteiger partial charge on any atom is 0.300 e. The average Bonchev–Trinajstić information content (AvgIpc) is 2.37. The van der Waals surface area contributed by atoms with Gasteiger partial charge in [0.15, 0.2) is 10.1 Å². The van der Waals surface area contributed by atoms with E-state index in [0.29, 0.717) is 0 Å². The fourth-order valence-electron chi connectivity index (χ4n) is 0.835. The Balaban J connectivity index is 0. The molecule has 0 unspecified atom stereocenters. The molecule has 11 nitrogen and oxygen atoms in total. The molecule has 0 bridgehead atoms. The first kappa shape index (κ1) is 19.9. The molecule has 0 amide bonds. The molecule has 0 heterocycles. The van der Waals surface area contributed by atoms with Crippen LogP contribution >= 0.6 is 0 Å². The van der Waals surface area contributed by atoms with Gasteiger partial charge in [-0.1, -0.05) is 18.2 Å². The van der Waals surface area contributed by atoms with E-state index in [4.69, 9.17) is 15.2 Å². The lowest BCUT2D eigenvalue weighted by Gasteiger charge is -2.08. The van der Waals surface area contributed by atoms with Crippen molar-refractivity contribution in [3.05, 3.63) is 50.6 Å². The molecule has 0 spiro atoms. The molecule has 21 heavy (non-hydrogen) atoms. The highest BCUT2D eigenvalue weighted by Crippen LogP contribution is 2.10. The van der Waals surface area contributed by atoms with Gasteiger partial charge in [-0.05, 0) is 12.1 Å². The van der Waals surface area contributed by atoms with Crippen LogP contribution in [0, 0.1) is 31.6 Å². The van der Waals surface area contributed by atoms with Crippen LogP contribution < -0.4 is 10.7 Å². The van der Waals surface area contributed by atoms with Gasteiger partial charge < -0.3 is 5.11 Å². The Labute approximate surface area is 119 Å². The fraction of sp³-hybridized carbons (Fsp3) is 0.200. The number of hydrogen-bond donors (Lipinski definition) is 2. The van der Waals surface area contributed by atoms with Gasteiger partial charge in [-0.15, -0.1) is 0 Å². The van der Waals surface area contributed by atoms with Crippen LogP contribution in [0.25, 0.3) is 0 Å². The number of benzene rings is 1. The van der Waals surface area contributed by atoms with E-state index in [1.54, 1.807) is 12.1 Å². The Morgan fingerprint density at radius 3 is 2.00 bits per heavy atom. The molecule has 0 aliphatic carbocycles. The summed E-state index contributed by atoms with van der Waals surface area (Å²) >= 11 is 0. The monoisotopic (exact) mass is 299 g/mol. The first-order valence-corrected chi connectivity index (χ1v) is 5.16. The number of carboxylic acid groups (broad SMARTS) is 1. The van der Waals surface area contributed by atoms with Gasteiger partial charge in [-0.25, -0.2) is 20.2 Å². The second-order valence-corrected chi connectivity index (χ2v) is 2.98. The van der Waals surface area contributed by atoms with E-state index >= 15 is 0 Å². The minimum absolute atomic E-state index is 0.0780. The average molecular weight is 299 g/mol. The van der Waals surface area contributed by atoms with Gasteiger partial charge in [-0.2, -0.15) is 5.26 Å². The minimum atomic E-state index is -1.00. The molecule has 11 heteroatoms. The standard InChI is InChI=1S/C6H6N4O4.C2H3N.C2H4O2/c11-9(12)7-8(10(13)14)6-4-2-1-3-5-6;1-2-3;1-2(3)4/h1-5,7H;1H3;1H3,(H,3,4). The van der Waals surface area contributed by atoms with Crippen LogP contribution in [0.2, 0.25) is 0 Å². The van der Waals surface area contributed by atoms with E-state index < -0.39 is 16.0 Å². The molecule has 0 saturated heterocycles. The molecule has 1 aromatic carbocycles. The number of para-hydroxylation sites is 1. The lowest BCUT2D eigenvalue weighted by molar-refractivity contribution is -0.620. The highest BCUT2D eigenvalue weighted by molar-refractivity contribution is 5.62. The lowest BCUT2D eigenvalue weighted by Crippen LogP contribution is -2.45. The molecule has 0 atom stereocenters. The van der Waals surface area contributed by atoms with Gasteiger partial charge in [0.25, 0.3) is 5.97 Å². The van der Waals surface area contributed by atoms with Crippen molar-refractivity contribution in [1.29, 1.82) is 5.26 Å². The van der Waals surface area contributed by atoms with E-state index in [-0.39, 0.29) is 10.8 Å². The van der Waals surface area contributed by atoms with Crippen molar-refractivity contribution in [2.75, 3.05) is 5.12 Å². The summed E-state index contributed by atoms with van der Waals surface area (Å²) in [6, 6.07) is 9.22. The third kappa shape index (κ3) is 12.8. The summed E-state index contributed by atoms with van der Waals surface area (Å²) in [5, 5.41) is 33.5. The molecular formula is C10H13N5O6. The van der Waals surface area contributed by atoms with Crippen LogP contribution in [0.3, 0.4) is 0 Å². The predicted molar refractivity (Wildman–Crippen MR) is 70.6 cm³/mol. The lowest BCUT2D eigenvalue weighted by atomic mass is 10.3. The largest absolute Gasteiger partial charge is 0.481 e. The van der Waals surface area contributed by atoms with Crippen molar-refractivity contribution in [2.45, 2.75) is 13.8 Å². The molecule has 0 fully saturated rings. The topological polar surface area (TPSA) is 163 Å². The van der Waals surface area contributed by atoms with E-state index in [1.165, 1.54) is 36.7 Å². The summed E-state index contributed by atoms with van der Waals surface area (Å²) in [6.07, 6.45) is 0. The Morgan fingerprint density at radius 2 is 1.71 bits per heavy atom. The van der Waals surface area contributed by atoms with Crippen molar-refractivity contribution < 1.29 is 20.0 Å². The third-order valence-corrected chi connectivity index (χ3v) is 1.34. The number of hydrogen-bond acceptors (Lipinski definition) is 6. The van der Waals surface area contributed by atoms with E-state index in [2.05, 4.69) is 0 Å². The van der Waals surface area contributed by atoms with E-state index in [1.807, 2.05) is 0 Å². The van der Waals surface area contributed by atoms with Crippen LogP contribution in [-0.4, -0.2) is 21.1 Å². The summed E-state index contributed by atoms with van der Waals surface area (Å²) < 4.78 is 0. The van der Waals surface area contributed by atoms with Crippen molar-refractivity contribution >= 4 is 11.7 Å². The molecule has 1 aromatic rings. The Kier molecular flexibility index (Phi) is 11.1. The van der Waals surface area contributed by atoms with Crippen molar-refractivity contribution in [3.63, 3.8) is 0 Å². The summed E-state index contributed by atoms with van der Waals surface area (Å²) in [5.74, 6) is -0.833. The molecule has 2 N–H and O–H groups in total. The van der Waals surface area contributed by atoms with Gasteiger partial charge >= 0.3 is 0 Å². The summed E-state index contributed by atoms with van der Waals surface area (Å²) in [5.41, 5.74) is 1.53. The Hall–Kier alpha value is -3.42. The van der Waals surface area contributed by atoms with Gasteiger partial charge in [-0.3, -0.25) is 4.79 Å². The number of rotatable bonds is 4. The third-order valence-electron chi connectivity index (χ3n) is 1.34. The SMILES string of the molecule is CC#N.CC(=O)O.O=[N+]([O-])NN(c1ccccc1)[N+](=O)[O-]. The molecule has 0 aromatic heterocycles. The predicted octanol–water partition coefficient (Wildman–Crippen LogP) is 1.00.